The van der Waals surface area contributed by atoms with Gasteiger partial charge in [0.15, 0.2) is 0 Å². The van der Waals surface area contributed by atoms with Crippen LogP contribution in [0.15, 0.2) is 0 Å². The summed E-state index contributed by atoms with van der Waals surface area (Å²) in [5.74, 6) is -0.918. The Morgan fingerprint density at radius 3 is 2.69 bits per heavy atom. The van der Waals surface area contributed by atoms with E-state index in [-0.39, 0.29) is 12.0 Å². The third-order valence-corrected chi connectivity index (χ3v) is 3.11. The summed E-state index contributed by atoms with van der Waals surface area (Å²) in [6.45, 7) is 1.87. The van der Waals surface area contributed by atoms with Crippen LogP contribution in [-0.2, 0) is 9.53 Å². The zero-order chi connectivity index (χ0) is 10.1. The maximum Gasteiger partial charge on any atom is 0.323 e. The molecule has 1 rings (SSSR count). The third kappa shape index (κ3) is 1.84. The zero-order valence-electron chi connectivity index (χ0n) is 8.12. The average molecular weight is 187 g/mol. The molecule has 0 aromatic rings. The van der Waals surface area contributed by atoms with Crippen molar-refractivity contribution < 1.29 is 14.6 Å². The predicted molar refractivity (Wildman–Crippen MR) is 48.4 cm³/mol. The second-order valence-corrected chi connectivity index (χ2v) is 3.88. The van der Waals surface area contributed by atoms with Crippen molar-refractivity contribution in [3.05, 3.63) is 0 Å². The van der Waals surface area contributed by atoms with Crippen LogP contribution in [0.5, 0.6) is 0 Å². The Kier molecular flexibility index (Phi) is 2.93. The molecule has 76 valence electrons. The molecule has 0 saturated heterocycles. The number of carboxylic acid groups (broad SMARTS) is 1. The standard InChI is InChI=1S/C9H17NO3/c1-6-5-7(13-2)3-4-9(6,10)8(11)12/h6-7H,3-5,10H2,1-2H3,(H,11,12)/t6-,7?,9-/m0/s1. The van der Waals surface area contributed by atoms with Crippen molar-refractivity contribution in [1.82, 2.24) is 0 Å². The molecule has 0 aliphatic heterocycles. The first-order valence-corrected chi connectivity index (χ1v) is 4.55. The van der Waals surface area contributed by atoms with Gasteiger partial charge in [0.05, 0.1) is 6.10 Å². The number of methoxy groups -OCH3 is 1. The minimum atomic E-state index is -1.05. The number of ether oxygens (including phenoxy) is 1. The first-order valence-electron chi connectivity index (χ1n) is 4.55. The summed E-state index contributed by atoms with van der Waals surface area (Å²) in [6, 6.07) is 0. The number of hydrogen-bond acceptors (Lipinski definition) is 3. The number of nitrogens with two attached hydrogens (primary N) is 1. The maximum absolute atomic E-state index is 10.9. The van der Waals surface area contributed by atoms with Gasteiger partial charge in [0.25, 0.3) is 0 Å². The zero-order valence-corrected chi connectivity index (χ0v) is 8.12. The van der Waals surface area contributed by atoms with Gasteiger partial charge in [0.1, 0.15) is 5.54 Å². The summed E-state index contributed by atoms with van der Waals surface area (Å²) < 4.78 is 5.19. The second kappa shape index (κ2) is 3.64. The molecular formula is C9H17NO3. The molecule has 1 unspecified atom stereocenters. The van der Waals surface area contributed by atoms with Gasteiger partial charge in [0.2, 0.25) is 0 Å². The number of hydrogen-bond donors (Lipinski definition) is 2. The first kappa shape index (κ1) is 10.5. The molecule has 0 aromatic heterocycles. The molecular weight excluding hydrogens is 170 g/mol. The number of carboxylic acids is 1. The second-order valence-electron chi connectivity index (χ2n) is 3.88. The van der Waals surface area contributed by atoms with Gasteiger partial charge in [-0.3, -0.25) is 4.79 Å². The van der Waals surface area contributed by atoms with E-state index in [1.807, 2.05) is 6.92 Å². The smallest absolute Gasteiger partial charge is 0.323 e. The molecule has 0 aromatic carbocycles. The van der Waals surface area contributed by atoms with Gasteiger partial charge in [-0.1, -0.05) is 6.92 Å². The van der Waals surface area contributed by atoms with Gasteiger partial charge < -0.3 is 15.6 Å². The van der Waals surface area contributed by atoms with E-state index in [1.165, 1.54) is 0 Å². The van der Waals surface area contributed by atoms with Crippen molar-refractivity contribution >= 4 is 5.97 Å². The van der Waals surface area contributed by atoms with E-state index in [1.54, 1.807) is 7.11 Å². The number of aliphatic carboxylic acids is 1. The molecule has 3 atom stereocenters. The fourth-order valence-electron chi connectivity index (χ4n) is 1.90. The van der Waals surface area contributed by atoms with E-state index in [0.29, 0.717) is 6.42 Å². The quantitative estimate of drug-likeness (QED) is 0.664. The first-order chi connectivity index (χ1) is 6.00. The Bertz CT molecular complexity index is 207. The highest BCUT2D eigenvalue weighted by Crippen LogP contribution is 2.33. The monoisotopic (exact) mass is 187 g/mol. The molecule has 1 aliphatic rings. The Hall–Kier alpha value is -0.610. The summed E-state index contributed by atoms with van der Waals surface area (Å²) in [5, 5.41) is 8.96. The Morgan fingerprint density at radius 2 is 2.31 bits per heavy atom. The molecule has 4 heteroatoms. The molecule has 13 heavy (non-hydrogen) atoms. The predicted octanol–water partition coefficient (Wildman–Crippen LogP) is 0.603. The van der Waals surface area contributed by atoms with Crippen LogP contribution in [0.1, 0.15) is 26.2 Å². The molecule has 0 bridgehead atoms. The fraction of sp³-hybridized carbons (Fsp3) is 0.889. The minimum Gasteiger partial charge on any atom is -0.480 e. The van der Waals surface area contributed by atoms with Crippen LogP contribution in [0.3, 0.4) is 0 Å². The normalized spacial score (nSPS) is 40.2. The Labute approximate surface area is 78.1 Å². The molecule has 1 fully saturated rings. The average Bonchev–Trinajstić information content (AvgIpc) is 2.09. The lowest BCUT2D eigenvalue weighted by Gasteiger charge is -2.38. The van der Waals surface area contributed by atoms with E-state index in [9.17, 15) is 4.79 Å². The lowest BCUT2D eigenvalue weighted by molar-refractivity contribution is -0.148. The van der Waals surface area contributed by atoms with Crippen LogP contribution in [0.25, 0.3) is 0 Å². The van der Waals surface area contributed by atoms with Crippen molar-refractivity contribution in [2.45, 2.75) is 37.8 Å². The van der Waals surface area contributed by atoms with E-state index in [4.69, 9.17) is 15.6 Å². The Morgan fingerprint density at radius 1 is 1.69 bits per heavy atom. The van der Waals surface area contributed by atoms with Crippen LogP contribution in [0, 0.1) is 5.92 Å². The fourth-order valence-corrected chi connectivity index (χ4v) is 1.90. The van der Waals surface area contributed by atoms with E-state index in [0.717, 1.165) is 12.8 Å². The minimum absolute atomic E-state index is 0.0244. The van der Waals surface area contributed by atoms with Gasteiger partial charge in [-0.25, -0.2) is 0 Å². The van der Waals surface area contributed by atoms with Gasteiger partial charge in [-0.2, -0.15) is 0 Å². The van der Waals surface area contributed by atoms with Crippen LogP contribution >= 0.6 is 0 Å². The SMILES string of the molecule is COC1CC[C@@](N)(C(=O)O)[C@@H](C)C1. The van der Waals surface area contributed by atoms with E-state index in [2.05, 4.69) is 0 Å². The van der Waals surface area contributed by atoms with E-state index < -0.39 is 11.5 Å². The number of carbonyl (C=O) groups is 1. The van der Waals surface area contributed by atoms with Crippen molar-refractivity contribution in [3.8, 4) is 0 Å². The summed E-state index contributed by atoms with van der Waals surface area (Å²) in [7, 11) is 1.65. The highest BCUT2D eigenvalue weighted by molar-refractivity contribution is 5.79. The summed E-state index contributed by atoms with van der Waals surface area (Å²) in [6.07, 6.45) is 2.15. The lowest BCUT2D eigenvalue weighted by atomic mass is 9.73. The number of rotatable bonds is 2. The largest absolute Gasteiger partial charge is 0.480 e. The van der Waals surface area contributed by atoms with Gasteiger partial charge in [0, 0.05) is 7.11 Å². The molecule has 0 radical (unpaired) electrons. The topological polar surface area (TPSA) is 72.5 Å². The molecule has 3 N–H and O–H groups in total. The van der Waals surface area contributed by atoms with Crippen LogP contribution in [0.4, 0.5) is 0 Å². The van der Waals surface area contributed by atoms with Crippen molar-refractivity contribution in [2.24, 2.45) is 11.7 Å². The summed E-state index contributed by atoms with van der Waals surface area (Å²) in [4.78, 5) is 10.9. The lowest BCUT2D eigenvalue weighted by Crippen LogP contribution is -2.56. The van der Waals surface area contributed by atoms with Crippen molar-refractivity contribution in [1.29, 1.82) is 0 Å². The molecule has 1 aliphatic carbocycles. The van der Waals surface area contributed by atoms with Gasteiger partial charge >= 0.3 is 5.97 Å². The van der Waals surface area contributed by atoms with Crippen LogP contribution in [0.2, 0.25) is 0 Å². The molecule has 0 amide bonds. The van der Waals surface area contributed by atoms with Gasteiger partial charge in [-0.05, 0) is 25.2 Å². The van der Waals surface area contributed by atoms with Crippen molar-refractivity contribution in [3.63, 3.8) is 0 Å². The van der Waals surface area contributed by atoms with Gasteiger partial charge in [-0.15, -0.1) is 0 Å². The van der Waals surface area contributed by atoms with Crippen LogP contribution in [-0.4, -0.2) is 29.8 Å². The highest BCUT2D eigenvalue weighted by Gasteiger charge is 2.44. The van der Waals surface area contributed by atoms with Crippen molar-refractivity contribution in [2.75, 3.05) is 7.11 Å². The molecule has 0 spiro atoms. The Balaban J connectivity index is 2.67. The van der Waals surface area contributed by atoms with Crippen LogP contribution < -0.4 is 5.73 Å². The molecule has 4 nitrogen and oxygen atoms in total. The third-order valence-electron chi connectivity index (χ3n) is 3.11. The molecule has 1 saturated carbocycles. The highest BCUT2D eigenvalue weighted by atomic mass is 16.5. The summed E-state index contributed by atoms with van der Waals surface area (Å²) >= 11 is 0. The van der Waals surface area contributed by atoms with E-state index >= 15 is 0 Å². The summed E-state index contributed by atoms with van der Waals surface area (Å²) in [5.41, 5.74) is 4.76. The maximum atomic E-state index is 10.9. The molecule has 0 heterocycles.